The van der Waals surface area contributed by atoms with Gasteiger partial charge < -0.3 is 10.2 Å². The van der Waals surface area contributed by atoms with Crippen LogP contribution in [0.5, 0.6) is 0 Å². The summed E-state index contributed by atoms with van der Waals surface area (Å²) in [7, 11) is 0. The molecule has 2 amide bonds. The Balaban J connectivity index is 1.91. The van der Waals surface area contributed by atoms with E-state index in [2.05, 4.69) is 5.32 Å². The highest BCUT2D eigenvalue weighted by atomic mass is 35.5. The van der Waals surface area contributed by atoms with Crippen molar-refractivity contribution in [2.24, 2.45) is 0 Å². The first-order valence-electron chi connectivity index (χ1n) is 8.74. The van der Waals surface area contributed by atoms with Gasteiger partial charge in [0.15, 0.2) is 0 Å². The molecule has 2 aromatic carbocycles. The summed E-state index contributed by atoms with van der Waals surface area (Å²) in [6.45, 7) is 6.18. The van der Waals surface area contributed by atoms with Crippen LogP contribution in [0.4, 0.5) is 5.69 Å². The first-order valence-corrected chi connectivity index (χ1v) is 9.11. The number of hydrogen-bond acceptors (Lipinski definition) is 2. The lowest BCUT2D eigenvalue weighted by Crippen LogP contribution is -2.38. The summed E-state index contributed by atoms with van der Waals surface area (Å²) in [6.07, 6.45) is 1.13. The van der Waals surface area contributed by atoms with Crippen LogP contribution in [0.2, 0.25) is 5.02 Å². The van der Waals surface area contributed by atoms with Crippen LogP contribution in [0.15, 0.2) is 42.5 Å². The van der Waals surface area contributed by atoms with Crippen molar-refractivity contribution in [3.05, 3.63) is 64.2 Å². The summed E-state index contributed by atoms with van der Waals surface area (Å²) in [5, 5.41) is 3.43. The predicted octanol–water partition coefficient (Wildman–Crippen LogP) is 4.06. The van der Waals surface area contributed by atoms with Crippen LogP contribution in [0.25, 0.3) is 0 Å². The van der Waals surface area contributed by atoms with E-state index in [1.807, 2.05) is 56.3 Å². The van der Waals surface area contributed by atoms with Crippen LogP contribution >= 0.6 is 11.6 Å². The summed E-state index contributed by atoms with van der Waals surface area (Å²) in [5.74, 6) is -0.124. The fraction of sp³-hybridized carbons (Fsp3) is 0.333. The second-order valence-electron chi connectivity index (χ2n) is 6.42. The standard InChI is InChI=1S/C21H25ClN2O2/c1-15-13-16(2)21(19(22)14-15)24(17(3)25)12-11-23-20(26)10-9-18-7-5-4-6-8-18/h4-8,13-14H,9-12H2,1-3H3,(H,23,26). The summed E-state index contributed by atoms with van der Waals surface area (Å²) in [5.41, 5.74) is 3.84. The Labute approximate surface area is 160 Å². The van der Waals surface area contributed by atoms with Crippen molar-refractivity contribution in [2.75, 3.05) is 18.0 Å². The second-order valence-corrected chi connectivity index (χ2v) is 6.83. The molecule has 0 unspecified atom stereocenters. The molecule has 2 rings (SSSR count). The molecule has 5 heteroatoms. The highest BCUT2D eigenvalue weighted by Gasteiger charge is 2.17. The molecule has 0 radical (unpaired) electrons. The van der Waals surface area contributed by atoms with E-state index in [0.29, 0.717) is 36.6 Å². The third-order valence-electron chi connectivity index (χ3n) is 4.19. The van der Waals surface area contributed by atoms with Gasteiger partial charge in [-0.2, -0.15) is 0 Å². The number of benzene rings is 2. The molecule has 0 heterocycles. The molecular weight excluding hydrogens is 348 g/mol. The van der Waals surface area contributed by atoms with Crippen molar-refractivity contribution in [1.82, 2.24) is 5.32 Å². The van der Waals surface area contributed by atoms with Gasteiger partial charge in [-0.15, -0.1) is 0 Å². The lowest BCUT2D eigenvalue weighted by atomic mass is 10.1. The Morgan fingerprint density at radius 1 is 1.12 bits per heavy atom. The average molecular weight is 373 g/mol. The molecule has 0 spiro atoms. The normalized spacial score (nSPS) is 10.5. The van der Waals surface area contributed by atoms with Gasteiger partial charge in [-0.3, -0.25) is 9.59 Å². The lowest BCUT2D eigenvalue weighted by Gasteiger charge is -2.25. The number of halogens is 1. The van der Waals surface area contributed by atoms with Gasteiger partial charge in [0.05, 0.1) is 10.7 Å². The minimum atomic E-state index is -0.0996. The number of amides is 2. The van der Waals surface area contributed by atoms with Crippen LogP contribution in [0.1, 0.15) is 30.0 Å². The highest BCUT2D eigenvalue weighted by Crippen LogP contribution is 2.31. The van der Waals surface area contributed by atoms with Gasteiger partial charge in [-0.1, -0.05) is 48.0 Å². The molecule has 0 aliphatic carbocycles. The summed E-state index contributed by atoms with van der Waals surface area (Å²) >= 11 is 6.35. The minimum Gasteiger partial charge on any atom is -0.354 e. The molecule has 1 N–H and O–H groups in total. The van der Waals surface area contributed by atoms with Crippen LogP contribution in [0.3, 0.4) is 0 Å². The Kier molecular flexibility index (Phi) is 7.22. The van der Waals surface area contributed by atoms with Crippen molar-refractivity contribution in [2.45, 2.75) is 33.6 Å². The van der Waals surface area contributed by atoms with Crippen molar-refractivity contribution in [1.29, 1.82) is 0 Å². The molecule has 138 valence electrons. The monoisotopic (exact) mass is 372 g/mol. The van der Waals surface area contributed by atoms with Gasteiger partial charge in [-0.05, 0) is 43.0 Å². The molecule has 0 aromatic heterocycles. The Hall–Kier alpha value is -2.33. The van der Waals surface area contributed by atoms with Crippen molar-refractivity contribution >= 4 is 29.1 Å². The summed E-state index contributed by atoms with van der Waals surface area (Å²) in [6, 6.07) is 13.7. The zero-order valence-electron chi connectivity index (χ0n) is 15.5. The Bertz CT molecular complexity index is 752. The van der Waals surface area contributed by atoms with E-state index in [-0.39, 0.29) is 11.8 Å². The maximum absolute atomic E-state index is 12.1. The van der Waals surface area contributed by atoms with E-state index in [1.54, 1.807) is 4.90 Å². The fourth-order valence-corrected chi connectivity index (χ4v) is 3.40. The van der Waals surface area contributed by atoms with Gasteiger partial charge in [0.1, 0.15) is 0 Å². The van der Waals surface area contributed by atoms with Gasteiger partial charge in [0.2, 0.25) is 11.8 Å². The molecule has 2 aromatic rings. The molecule has 0 aliphatic rings. The van der Waals surface area contributed by atoms with E-state index >= 15 is 0 Å². The van der Waals surface area contributed by atoms with Crippen molar-refractivity contribution in [3.8, 4) is 0 Å². The zero-order valence-corrected chi connectivity index (χ0v) is 16.3. The van der Waals surface area contributed by atoms with Crippen LogP contribution in [-0.2, 0) is 16.0 Å². The maximum Gasteiger partial charge on any atom is 0.223 e. The fourth-order valence-electron chi connectivity index (χ4n) is 2.97. The number of carbonyl (C=O) groups excluding carboxylic acids is 2. The first-order chi connectivity index (χ1) is 12.4. The second kappa shape index (κ2) is 9.39. The largest absolute Gasteiger partial charge is 0.354 e. The molecule has 4 nitrogen and oxygen atoms in total. The Morgan fingerprint density at radius 3 is 2.42 bits per heavy atom. The molecule has 0 saturated carbocycles. The van der Waals surface area contributed by atoms with Crippen LogP contribution in [-0.4, -0.2) is 24.9 Å². The van der Waals surface area contributed by atoms with Crippen LogP contribution < -0.4 is 10.2 Å². The van der Waals surface area contributed by atoms with Crippen molar-refractivity contribution in [3.63, 3.8) is 0 Å². The van der Waals surface area contributed by atoms with E-state index in [4.69, 9.17) is 11.6 Å². The van der Waals surface area contributed by atoms with E-state index in [9.17, 15) is 9.59 Å². The van der Waals surface area contributed by atoms with E-state index < -0.39 is 0 Å². The lowest BCUT2D eigenvalue weighted by molar-refractivity contribution is -0.121. The SMILES string of the molecule is CC(=O)N(CCNC(=O)CCc1ccccc1)c1c(C)cc(C)cc1Cl. The van der Waals surface area contributed by atoms with Gasteiger partial charge in [0.25, 0.3) is 0 Å². The molecule has 0 aliphatic heterocycles. The maximum atomic E-state index is 12.1. The first kappa shape index (κ1) is 20.0. The smallest absolute Gasteiger partial charge is 0.223 e. The number of carbonyl (C=O) groups is 2. The quantitative estimate of drug-likeness (QED) is 0.796. The van der Waals surface area contributed by atoms with Gasteiger partial charge >= 0.3 is 0 Å². The van der Waals surface area contributed by atoms with Gasteiger partial charge in [0, 0.05) is 26.4 Å². The molecular formula is C21H25ClN2O2. The number of nitrogens with one attached hydrogen (secondary N) is 1. The van der Waals surface area contributed by atoms with Crippen LogP contribution in [0, 0.1) is 13.8 Å². The number of rotatable bonds is 7. The number of aryl methyl sites for hydroxylation is 3. The molecule has 0 bridgehead atoms. The topological polar surface area (TPSA) is 49.4 Å². The number of anilines is 1. The third-order valence-corrected chi connectivity index (χ3v) is 4.48. The minimum absolute atomic E-state index is 0.0240. The Morgan fingerprint density at radius 2 is 1.81 bits per heavy atom. The van der Waals surface area contributed by atoms with Gasteiger partial charge in [-0.25, -0.2) is 0 Å². The third kappa shape index (κ3) is 5.60. The highest BCUT2D eigenvalue weighted by molar-refractivity contribution is 6.34. The average Bonchev–Trinajstić information content (AvgIpc) is 2.58. The number of nitrogens with zero attached hydrogens (tertiary/aromatic N) is 1. The zero-order chi connectivity index (χ0) is 19.1. The summed E-state index contributed by atoms with van der Waals surface area (Å²) in [4.78, 5) is 25.7. The predicted molar refractivity (Wildman–Crippen MR) is 107 cm³/mol. The molecule has 0 fully saturated rings. The number of hydrogen-bond donors (Lipinski definition) is 1. The molecule has 0 atom stereocenters. The molecule has 0 saturated heterocycles. The molecule has 26 heavy (non-hydrogen) atoms. The van der Waals surface area contributed by atoms with Crippen molar-refractivity contribution < 1.29 is 9.59 Å². The summed E-state index contributed by atoms with van der Waals surface area (Å²) < 4.78 is 0. The van der Waals surface area contributed by atoms with E-state index in [0.717, 1.165) is 16.7 Å². The van der Waals surface area contributed by atoms with E-state index in [1.165, 1.54) is 6.92 Å².